The largest absolute Gasteiger partial charge is 0.411 e. The molecule has 31 heavy (non-hydrogen) atoms. The Morgan fingerprint density at radius 3 is 2.55 bits per heavy atom. The summed E-state index contributed by atoms with van der Waals surface area (Å²) in [6, 6.07) is 13.7. The number of nitrogens with zero attached hydrogens (tertiary/aromatic N) is 3. The monoisotopic (exact) mass is 521 g/mol. The zero-order valence-corrected chi connectivity index (χ0v) is 19.7. The van der Waals surface area contributed by atoms with Crippen LogP contribution >= 0.6 is 27.7 Å². The molecule has 0 N–H and O–H groups in total. The van der Waals surface area contributed by atoms with Gasteiger partial charge in [-0.2, -0.15) is 4.31 Å². The predicted molar refractivity (Wildman–Crippen MR) is 122 cm³/mol. The summed E-state index contributed by atoms with van der Waals surface area (Å²) in [6.45, 7) is 1.08. The summed E-state index contributed by atoms with van der Waals surface area (Å²) >= 11 is 4.49. The molecule has 0 saturated carbocycles. The molecule has 10 heteroatoms. The normalized spacial score (nSPS) is 15.1. The summed E-state index contributed by atoms with van der Waals surface area (Å²) < 4.78 is 33.9. The van der Waals surface area contributed by atoms with Gasteiger partial charge in [0.2, 0.25) is 15.9 Å². The Kier molecular flexibility index (Phi) is 6.90. The van der Waals surface area contributed by atoms with Gasteiger partial charge in [-0.05, 0) is 43.2 Å². The maximum absolute atomic E-state index is 12.9. The molecule has 0 radical (unpaired) electrons. The van der Waals surface area contributed by atoms with Crippen molar-refractivity contribution >= 4 is 43.5 Å². The molecule has 7 nitrogen and oxygen atoms in total. The van der Waals surface area contributed by atoms with Gasteiger partial charge < -0.3 is 4.42 Å². The van der Waals surface area contributed by atoms with Crippen molar-refractivity contribution in [2.45, 2.75) is 29.4 Å². The summed E-state index contributed by atoms with van der Waals surface area (Å²) in [6.07, 6.45) is 2.81. The van der Waals surface area contributed by atoms with E-state index in [0.717, 1.165) is 35.5 Å². The average Bonchev–Trinajstić information content (AvgIpc) is 3.28. The number of carbonyl (C=O) groups excluding carboxylic acids is 1. The summed E-state index contributed by atoms with van der Waals surface area (Å²) in [7, 11) is -3.55. The number of hydrogen-bond donors (Lipinski definition) is 0. The Morgan fingerprint density at radius 1 is 1.06 bits per heavy atom. The van der Waals surface area contributed by atoms with Crippen molar-refractivity contribution in [1.29, 1.82) is 0 Å². The first-order valence-electron chi connectivity index (χ1n) is 9.79. The van der Waals surface area contributed by atoms with E-state index >= 15 is 0 Å². The summed E-state index contributed by atoms with van der Waals surface area (Å²) in [5.74, 6) is 0.327. The molecule has 1 aliphatic heterocycles. The van der Waals surface area contributed by atoms with E-state index in [1.807, 2.05) is 12.1 Å². The van der Waals surface area contributed by atoms with Gasteiger partial charge >= 0.3 is 0 Å². The van der Waals surface area contributed by atoms with Crippen LogP contribution in [0.4, 0.5) is 0 Å². The molecule has 2 heterocycles. The Bertz CT molecular complexity index is 1170. The second-order valence-electron chi connectivity index (χ2n) is 7.08. The quantitative estimate of drug-likeness (QED) is 0.330. The SMILES string of the molecule is O=C(CSc1nnc(-c2cccc(S(=O)(=O)N3CCCCC3)c2)o1)c1ccc(Br)cc1. The average molecular weight is 522 g/mol. The van der Waals surface area contributed by atoms with E-state index in [2.05, 4.69) is 26.1 Å². The zero-order valence-electron chi connectivity index (χ0n) is 16.5. The standard InChI is InChI=1S/C21H20BrN3O4S2/c22-17-9-7-15(8-10-17)19(26)14-30-21-24-23-20(29-21)16-5-4-6-18(13-16)31(27,28)25-11-2-1-3-12-25/h4-10,13H,1-3,11-12,14H2. The van der Waals surface area contributed by atoms with Gasteiger partial charge in [-0.25, -0.2) is 8.42 Å². The van der Waals surface area contributed by atoms with Crippen LogP contribution < -0.4 is 0 Å². The Morgan fingerprint density at radius 2 is 1.81 bits per heavy atom. The summed E-state index contributed by atoms with van der Waals surface area (Å²) in [5.41, 5.74) is 1.13. The highest BCUT2D eigenvalue weighted by Gasteiger charge is 2.26. The molecule has 2 aromatic carbocycles. The van der Waals surface area contributed by atoms with Gasteiger partial charge in [0.15, 0.2) is 5.78 Å². The van der Waals surface area contributed by atoms with Crippen molar-refractivity contribution in [3.05, 3.63) is 58.6 Å². The third kappa shape index (κ3) is 5.25. The maximum atomic E-state index is 12.9. The Hall–Kier alpha value is -2.01. The maximum Gasteiger partial charge on any atom is 0.277 e. The fourth-order valence-corrected chi connectivity index (χ4v) is 5.76. The second kappa shape index (κ2) is 9.64. The van der Waals surface area contributed by atoms with Crippen molar-refractivity contribution in [3.63, 3.8) is 0 Å². The third-order valence-corrected chi connectivity index (χ3v) is 8.17. The van der Waals surface area contributed by atoms with E-state index in [9.17, 15) is 13.2 Å². The van der Waals surface area contributed by atoms with Gasteiger partial charge in [0, 0.05) is 28.7 Å². The number of carbonyl (C=O) groups is 1. The van der Waals surface area contributed by atoms with E-state index in [0.29, 0.717) is 24.2 Å². The lowest BCUT2D eigenvalue weighted by Gasteiger charge is -2.25. The molecule has 0 spiro atoms. The highest BCUT2D eigenvalue weighted by atomic mass is 79.9. The van der Waals surface area contributed by atoms with Gasteiger partial charge in [0.1, 0.15) is 0 Å². The number of sulfonamides is 1. The van der Waals surface area contributed by atoms with Crippen molar-refractivity contribution in [1.82, 2.24) is 14.5 Å². The number of benzene rings is 2. The highest BCUT2D eigenvalue weighted by molar-refractivity contribution is 9.10. The van der Waals surface area contributed by atoms with Crippen LogP contribution in [0.1, 0.15) is 29.6 Å². The van der Waals surface area contributed by atoms with Crippen molar-refractivity contribution in [2.24, 2.45) is 0 Å². The number of thioether (sulfide) groups is 1. The van der Waals surface area contributed by atoms with Crippen LogP contribution in [0.2, 0.25) is 0 Å². The lowest BCUT2D eigenvalue weighted by Crippen LogP contribution is -2.35. The number of hydrogen-bond acceptors (Lipinski definition) is 7. The molecular weight excluding hydrogens is 502 g/mol. The molecule has 162 valence electrons. The smallest absolute Gasteiger partial charge is 0.277 e. The molecule has 0 bridgehead atoms. The highest BCUT2D eigenvalue weighted by Crippen LogP contribution is 2.27. The van der Waals surface area contributed by atoms with Gasteiger partial charge in [-0.1, -0.05) is 52.3 Å². The molecule has 1 aliphatic rings. The first-order chi connectivity index (χ1) is 14.9. The minimum absolute atomic E-state index is 0.0492. The molecule has 1 fully saturated rings. The van der Waals surface area contributed by atoms with Gasteiger partial charge in [-0.15, -0.1) is 10.2 Å². The Labute approximate surface area is 193 Å². The topological polar surface area (TPSA) is 93.4 Å². The fraction of sp³-hybridized carbons (Fsp3) is 0.286. The molecule has 0 aliphatic carbocycles. The van der Waals surface area contributed by atoms with Crippen LogP contribution in [0.5, 0.6) is 0 Å². The summed E-state index contributed by atoms with van der Waals surface area (Å²) in [4.78, 5) is 12.5. The van der Waals surface area contributed by atoms with Crippen LogP contribution in [0.25, 0.3) is 11.5 Å². The molecule has 4 rings (SSSR count). The third-order valence-electron chi connectivity index (χ3n) is 4.93. The minimum atomic E-state index is -3.55. The van der Waals surface area contributed by atoms with Gasteiger partial charge in [0.05, 0.1) is 10.6 Å². The minimum Gasteiger partial charge on any atom is -0.411 e. The number of ketones is 1. The first kappa shape index (κ1) is 22.2. The number of Topliss-reactive ketones (excluding diaryl/α,β-unsaturated/α-hetero) is 1. The Balaban J connectivity index is 1.46. The molecule has 3 aromatic rings. The molecule has 0 amide bonds. The number of rotatable bonds is 7. The van der Waals surface area contributed by atoms with Crippen molar-refractivity contribution < 1.29 is 17.6 Å². The lowest BCUT2D eigenvalue weighted by atomic mass is 10.2. The zero-order chi connectivity index (χ0) is 21.8. The van der Waals surface area contributed by atoms with Crippen molar-refractivity contribution in [2.75, 3.05) is 18.8 Å². The number of halogens is 1. The molecule has 1 aromatic heterocycles. The molecular formula is C21H20BrN3O4S2. The van der Waals surface area contributed by atoms with E-state index in [1.54, 1.807) is 36.4 Å². The second-order valence-corrected chi connectivity index (χ2v) is 10.9. The van der Waals surface area contributed by atoms with E-state index in [-0.39, 0.29) is 27.5 Å². The molecule has 0 unspecified atom stereocenters. The lowest BCUT2D eigenvalue weighted by molar-refractivity contribution is 0.102. The van der Waals surface area contributed by atoms with Crippen LogP contribution in [0.15, 0.2) is 67.5 Å². The van der Waals surface area contributed by atoms with E-state index in [4.69, 9.17) is 4.42 Å². The van der Waals surface area contributed by atoms with E-state index < -0.39 is 10.0 Å². The van der Waals surface area contributed by atoms with Crippen molar-refractivity contribution in [3.8, 4) is 11.5 Å². The molecule has 0 atom stereocenters. The van der Waals surface area contributed by atoms with Crippen LogP contribution in [0, 0.1) is 0 Å². The summed E-state index contributed by atoms with van der Waals surface area (Å²) in [5, 5.41) is 8.26. The van der Waals surface area contributed by atoms with Gasteiger partial charge in [-0.3, -0.25) is 4.79 Å². The number of aromatic nitrogens is 2. The van der Waals surface area contributed by atoms with Crippen LogP contribution in [-0.4, -0.2) is 47.5 Å². The first-order valence-corrected chi connectivity index (χ1v) is 13.0. The molecule has 1 saturated heterocycles. The van der Waals surface area contributed by atoms with Crippen LogP contribution in [-0.2, 0) is 10.0 Å². The van der Waals surface area contributed by atoms with Gasteiger partial charge in [0.25, 0.3) is 5.22 Å². The number of piperidine rings is 1. The fourth-order valence-electron chi connectivity index (χ4n) is 3.28. The van der Waals surface area contributed by atoms with E-state index in [1.165, 1.54) is 4.31 Å². The predicted octanol–water partition coefficient (Wildman–Crippen LogP) is 4.65. The van der Waals surface area contributed by atoms with Crippen LogP contribution in [0.3, 0.4) is 0 Å².